The molecule has 1 fully saturated rings. The third kappa shape index (κ3) is 3.71. The number of rotatable bonds is 4. The van der Waals surface area contributed by atoms with Gasteiger partial charge in [-0.15, -0.1) is 0 Å². The fourth-order valence-corrected chi connectivity index (χ4v) is 4.64. The molecule has 2 aromatic rings. The largest absolute Gasteiger partial charge is 0.496 e. The fourth-order valence-electron chi connectivity index (χ4n) is 4.64. The SMILES string of the molecule is COc1cccc2c1C1(CCN(C(=O)c3ccccc3NC(C)C)CC1)OCC2. The first-order chi connectivity index (χ1) is 14.0. The van der Waals surface area contributed by atoms with Gasteiger partial charge in [0.25, 0.3) is 5.91 Å². The minimum Gasteiger partial charge on any atom is -0.496 e. The van der Waals surface area contributed by atoms with E-state index in [-0.39, 0.29) is 17.6 Å². The molecule has 1 spiro atoms. The molecular formula is C24H30N2O3. The molecule has 0 radical (unpaired) electrons. The Hall–Kier alpha value is -2.53. The summed E-state index contributed by atoms with van der Waals surface area (Å²) >= 11 is 0. The van der Waals surface area contributed by atoms with E-state index in [1.165, 1.54) is 11.1 Å². The quantitative estimate of drug-likeness (QED) is 0.844. The molecule has 2 aliphatic rings. The van der Waals surface area contributed by atoms with Gasteiger partial charge in [0.05, 0.1) is 19.3 Å². The Kier molecular flexibility index (Phi) is 5.50. The first kappa shape index (κ1) is 19.8. The second-order valence-electron chi connectivity index (χ2n) is 8.22. The molecule has 0 aliphatic carbocycles. The maximum absolute atomic E-state index is 13.3. The van der Waals surface area contributed by atoms with Crippen LogP contribution in [-0.2, 0) is 16.8 Å². The van der Waals surface area contributed by atoms with Crippen molar-refractivity contribution >= 4 is 11.6 Å². The number of carbonyl (C=O) groups is 1. The van der Waals surface area contributed by atoms with Crippen LogP contribution >= 0.6 is 0 Å². The first-order valence-electron chi connectivity index (χ1n) is 10.5. The van der Waals surface area contributed by atoms with Crippen molar-refractivity contribution < 1.29 is 14.3 Å². The number of carbonyl (C=O) groups excluding carboxylic acids is 1. The van der Waals surface area contributed by atoms with Crippen LogP contribution in [0.3, 0.4) is 0 Å². The molecule has 1 amide bonds. The number of benzene rings is 2. The number of anilines is 1. The summed E-state index contributed by atoms with van der Waals surface area (Å²) in [5.74, 6) is 0.980. The van der Waals surface area contributed by atoms with Crippen molar-refractivity contribution in [3.8, 4) is 5.75 Å². The van der Waals surface area contributed by atoms with E-state index in [0.717, 1.165) is 42.9 Å². The van der Waals surface area contributed by atoms with Crippen LogP contribution in [0, 0.1) is 0 Å². The van der Waals surface area contributed by atoms with Crippen LogP contribution < -0.4 is 10.1 Å². The second-order valence-corrected chi connectivity index (χ2v) is 8.22. The van der Waals surface area contributed by atoms with E-state index in [0.29, 0.717) is 13.1 Å². The third-order valence-electron chi connectivity index (χ3n) is 6.00. The van der Waals surface area contributed by atoms with Gasteiger partial charge in [-0.1, -0.05) is 24.3 Å². The van der Waals surface area contributed by atoms with Gasteiger partial charge in [0.2, 0.25) is 0 Å². The van der Waals surface area contributed by atoms with Gasteiger partial charge in [0, 0.05) is 30.4 Å². The molecule has 154 valence electrons. The monoisotopic (exact) mass is 394 g/mol. The van der Waals surface area contributed by atoms with E-state index in [9.17, 15) is 4.79 Å². The summed E-state index contributed by atoms with van der Waals surface area (Å²) in [6.07, 6.45) is 2.48. The van der Waals surface area contributed by atoms with Crippen LogP contribution in [0.25, 0.3) is 0 Å². The van der Waals surface area contributed by atoms with Gasteiger partial charge >= 0.3 is 0 Å². The minimum atomic E-state index is -0.354. The lowest BCUT2D eigenvalue weighted by molar-refractivity contribution is -0.0946. The zero-order chi connectivity index (χ0) is 20.4. The third-order valence-corrected chi connectivity index (χ3v) is 6.00. The lowest BCUT2D eigenvalue weighted by Crippen LogP contribution is -2.48. The van der Waals surface area contributed by atoms with Crippen LogP contribution in [0.15, 0.2) is 42.5 Å². The Bertz CT molecular complexity index is 871. The molecule has 0 atom stereocenters. The topological polar surface area (TPSA) is 50.8 Å². The van der Waals surface area contributed by atoms with Crippen molar-refractivity contribution in [2.24, 2.45) is 0 Å². The summed E-state index contributed by atoms with van der Waals surface area (Å²) in [6, 6.07) is 14.3. The van der Waals surface area contributed by atoms with Crippen molar-refractivity contribution in [2.45, 2.75) is 44.8 Å². The molecule has 0 aromatic heterocycles. The van der Waals surface area contributed by atoms with Crippen LogP contribution in [0.2, 0.25) is 0 Å². The molecule has 5 heteroatoms. The van der Waals surface area contributed by atoms with Gasteiger partial charge < -0.3 is 19.7 Å². The highest BCUT2D eigenvalue weighted by molar-refractivity contribution is 5.99. The molecule has 29 heavy (non-hydrogen) atoms. The van der Waals surface area contributed by atoms with Crippen molar-refractivity contribution in [3.63, 3.8) is 0 Å². The predicted molar refractivity (Wildman–Crippen MR) is 115 cm³/mol. The Morgan fingerprint density at radius 3 is 2.62 bits per heavy atom. The van der Waals surface area contributed by atoms with Crippen molar-refractivity contribution in [1.82, 2.24) is 4.90 Å². The van der Waals surface area contributed by atoms with Crippen molar-refractivity contribution in [3.05, 3.63) is 59.2 Å². The van der Waals surface area contributed by atoms with E-state index in [4.69, 9.17) is 9.47 Å². The normalized spacial score (nSPS) is 17.9. The summed E-state index contributed by atoms with van der Waals surface area (Å²) in [7, 11) is 1.72. The highest BCUT2D eigenvalue weighted by Gasteiger charge is 2.43. The number of hydrogen-bond acceptors (Lipinski definition) is 4. The lowest BCUT2D eigenvalue weighted by atomic mass is 9.78. The molecule has 1 N–H and O–H groups in total. The van der Waals surface area contributed by atoms with Gasteiger partial charge in [-0.05, 0) is 56.9 Å². The Morgan fingerprint density at radius 2 is 1.90 bits per heavy atom. The van der Waals surface area contributed by atoms with Crippen LogP contribution in [0.4, 0.5) is 5.69 Å². The van der Waals surface area contributed by atoms with E-state index in [1.807, 2.05) is 41.3 Å². The molecule has 5 nitrogen and oxygen atoms in total. The van der Waals surface area contributed by atoms with Gasteiger partial charge in [0.15, 0.2) is 0 Å². The van der Waals surface area contributed by atoms with Crippen LogP contribution in [0.5, 0.6) is 5.75 Å². The van der Waals surface area contributed by atoms with Gasteiger partial charge in [-0.2, -0.15) is 0 Å². The predicted octanol–water partition coefficient (Wildman–Crippen LogP) is 4.22. The molecule has 1 saturated heterocycles. The Balaban J connectivity index is 1.55. The van der Waals surface area contributed by atoms with Crippen LogP contribution in [0.1, 0.15) is 48.2 Å². The fraction of sp³-hybridized carbons (Fsp3) is 0.458. The number of piperidine rings is 1. The molecule has 2 aromatic carbocycles. The van der Waals surface area contributed by atoms with Crippen molar-refractivity contribution in [1.29, 1.82) is 0 Å². The van der Waals surface area contributed by atoms with Gasteiger partial charge in [-0.3, -0.25) is 4.79 Å². The lowest BCUT2D eigenvalue weighted by Gasteiger charge is -2.45. The summed E-state index contributed by atoms with van der Waals surface area (Å²) in [5.41, 5.74) is 3.77. The maximum Gasteiger partial charge on any atom is 0.255 e. The van der Waals surface area contributed by atoms with Crippen LogP contribution in [-0.4, -0.2) is 43.7 Å². The highest BCUT2D eigenvalue weighted by atomic mass is 16.5. The molecule has 0 bridgehead atoms. The number of ether oxygens (including phenoxy) is 2. The highest BCUT2D eigenvalue weighted by Crippen LogP contribution is 2.46. The molecule has 4 rings (SSSR count). The number of nitrogens with one attached hydrogen (secondary N) is 1. The standard InChI is InChI=1S/C24H30N2O3/c1-17(2)25-20-9-5-4-8-19(20)23(27)26-14-12-24(13-15-26)22-18(11-16-29-24)7-6-10-21(22)28-3/h4-10,17,25H,11-16H2,1-3H3. The molecule has 0 unspecified atom stereocenters. The summed E-state index contributed by atoms with van der Waals surface area (Å²) < 4.78 is 12.0. The van der Waals surface area contributed by atoms with E-state index < -0.39 is 0 Å². The molecule has 2 heterocycles. The minimum absolute atomic E-state index is 0.0830. The van der Waals surface area contributed by atoms with Gasteiger partial charge in [-0.25, -0.2) is 0 Å². The number of para-hydroxylation sites is 1. The summed E-state index contributed by atoms with van der Waals surface area (Å²) in [6.45, 7) is 6.22. The van der Waals surface area contributed by atoms with E-state index in [2.05, 4.69) is 25.2 Å². The number of amides is 1. The summed E-state index contributed by atoms with van der Waals surface area (Å²) in [4.78, 5) is 15.2. The first-order valence-corrected chi connectivity index (χ1v) is 10.5. The maximum atomic E-state index is 13.3. The molecule has 0 saturated carbocycles. The zero-order valence-electron chi connectivity index (χ0n) is 17.5. The van der Waals surface area contributed by atoms with E-state index in [1.54, 1.807) is 7.11 Å². The van der Waals surface area contributed by atoms with E-state index >= 15 is 0 Å². The number of hydrogen-bond donors (Lipinski definition) is 1. The second kappa shape index (κ2) is 8.07. The summed E-state index contributed by atoms with van der Waals surface area (Å²) in [5, 5.41) is 3.39. The Morgan fingerprint density at radius 1 is 1.14 bits per heavy atom. The average molecular weight is 395 g/mol. The molecular weight excluding hydrogens is 364 g/mol. The van der Waals surface area contributed by atoms with Crippen molar-refractivity contribution in [2.75, 3.05) is 32.1 Å². The zero-order valence-corrected chi connectivity index (χ0v) is 17.5. The number of nitrogens with zero attached hydrogens (tertiary/aromatic N) is 1. The van der Waals surface area contributed by atoms with Gasteiger partial charge in [0.1, 0.15) is 11.4 Å². The molecule has 2 aliphatic heterocycles. The number of fused-ring (bicyclic) bond motifs is 2. The Labute approximate surface area is 173 Å². The average Bonchev–Trinajstić information content (AvgIpc) is 2.73. The number of methoxy groups -OCH3 is 1. The number of likely N-dealkylation sites (tertiary alicyclic amines) is 1. The smallest absolute Gasteiger partial charge is 0.255 e.